The summed E-state index contributed by atoms with van der Waals surface area (Å²) in [7, 11) is 0. The van der Waals surface area contributed by atoms with Gasteiger partial charge in [0.15, 0.2) is 0 Å². The van der Waals surface area contributed by atoms with Gasteiger partial charge in [-0.1, -0.05) is 35.9 Å². The summed E-state index contributed by atoms with van der Waals surface area (Å²) in [5, 5.41) is 7.46. The summed E-state index contributed by atoms with van der Waals surface area (Å²) in [6, 6.07) is 20.2. The molecule has 0 unspecified atom stereocenters. The molecule has 0 fully saturated rings. The van der Waals surface area contributed by atoms with Gasteiger partial charge in [-0.3, -0.25) is 4.79 Å². The summed E-state index contributed by atoms with van der Waals surface area (Å²) in [5.74, 6) is 1.66. The summed E-state index contributed by atoms with van der Waals surface area (Å²) in [6.07, 6.45) is 1.33. The van der Waals surface area contributed by atoms with Crippen molar-refractivity contribution in [3.8, 4) is 5.69 Å². The summed E-state index contributed by atoms with van der Waals surface area (Å²) in [6.45, 7) is 4.01. The second kappa shape index (κ2) is 8.72. The number of aromatic nitrogens is 2. The number of para-hydroxylation sites is 1. The van der Waals surface area contributed by atoms with Gasteiger partial charge >= 0.3 is 0 Å². The molecule has 1 amide bonds. The van der Waals surface area contributed by atoms with E-state index in [9.17, 15) is 4.79 Å². The van der Waals surface area contributed by atoms with Crippen LogP contribution >= 0.6 is 11.8 Å². The second-order valence-electron chi connectivity index (χ2n) is 6.23. The van der Waals surface area contributed by atoms with Gasteiger partial charge in [-0.2, -0.15) is 5.10 Å². The van der Waals surface area contributed by atoms with Gasteiger partial charge in [-0.25, -0.2) is 4.68 Å². The third-order valence-corrected chi connectivity index (χ3v) is 5.04. The number of nitrogens with one attached hydrogen (secondary N) is 1. The van der Waals surface area contributed by atoms with Crippen LogP contribution in [0.2, 0.25) is 0 Å². The fourth-order valence-electron chi connectivity index (χ4n) is 2.62. The standard InChI is InChI=1S/C21H23N3OS/c1-16-10-12-19(13-11-16)26-14-6-9-21(25)22-20-15-17(2)23-24(20)18-7-4-3-5-8-18/h3-5,7-8,10-13,15H,6,9,14H2,1-2H3,(H,22,25). The van der Waals surface area contributed by atoms with Gasteiger partial charge < -0.3 is 5.32 Å². The normalized spacial score (nSPS) is 10.7. The average Bonchev–Trinajstić information content (AvgIpc) is 3.01. The molecule has 134 valence electrons. The maximum absolute atomic E-state index is 12.3. The molecule has 1 aromatic heterocycles. The average molecular weight is 366 g/mol. The molecule has 0 radical (unpaired) electrons. The van der Waals surface area contributed by atoms with Crippen molar-refractivity contribution in [2.45, 2.75) is 31.6 Å². The minimum Gasteiger partial charge on any atom is -0.311 e. The summed E-state index contributed by atoms with van der Waals surface area (Å²) >= 11 is 1.78. The molecular formula is C21H23N3OS. The number of rotatable bonds is 7. The SMILES string of the molecule is Cc1ccc(SCCCC(=O)Nc2cc(C)nn2-c2ccccc2)cc1. The Balaban J connectivity index is 1.51. The predicted molar refractivity (Wildman–Crippen MR) is 108 cm³/mol. The Hall–Kier alpha value is -2.53. The number of aryl methyl sites for hydroxylation is 2. The van der Waals surface area contributed by atoms with Gasteiger partial charge in [0.25, 0.3) is 0 Å². The zero-order valence-electron chi connectivity index (χ0n) is 15.1. The van der Waals surface area contributed by atoms with Crippen LogP contribution in [0.25, 0.3) is 5.69 Å². The van der Waals surface area contributed by atoms with Crippen LogP contribution in [0, 0.1) is 13.8 Å². The van der Waals surface area contributed by atoms with E-state index in [1.54, 1.807) is 16.4 Å². The first-order valence-corrected chi connectivity index (χ1v) is 9.72. The molecule has 0 spiro atoms. The van der Waals surface area contributed by atoms with Crippen LogP contribution in [-0.4, -0.2) is 21.4 Å². The van der Waals surface area contributed by atoms with Gasteiger partial charge in [-0.05, 0) is 50.3 Å². The predicted octanol–water partition coefficient (Wildman–Crippen LogP) is 5.00. The highest BCUT2D eigenvalue weighted by atomic mass is 32.2. The van der Waals surface area contributed by atoms with Crippen LogP contribution in [0.5, 0.6) is 0 Å². The van der Waals surface area contributed by atoms with E-state index in [2.05, 4.69) is 41.6 Å². The Kier molecular flexibility index (Phi) is 6.12. The number of anilines is 1. The Labute approximate surface area is 158 Å². The summed E-state index contributed by atoms with van der Waals surface area (Å²) in [5.41, 5.74) is 3.07. The molecule has 0 aliphatic heterocycles. The summed E-state index contributed by atoms with van der Waals surface area (Å²) < 4.78 is 1.77. The Morgan fingerprint density at radius 1 is 1.08 bits per heavy atom. The lowest BCUT2D eigenvalue weighted by Crippen LogP contribution is -2.14. The largest absolute Gasteiger partial charge is 0.311 e. The molecule has 1 N–H and O–H groups in total. The Morgan fingerprint density at radius 2 is 1.81 bits per heavy atom. The van der Waals surface area contributed by atoms with E-state index in [1.165, 1.54) is 10.5 Å². The maximum Gasteiger partial charge on any atom is 0.225 e. The lowest BCUT2D eigenvalue weighted by Gasteiger charge is -2.09. The van der Waals surface area contributed by atoms with Crippen molar-refractivity contribution in [3.05, 3.63) is 71.9 Å². The van der Waals surface area contributed by atoms with Gasteiger partial charge in [0, 0.05) is 17.4 Å². The monoisotopic (exact) mass is 365 g/mol. The molecule has 3 rings (SSSR count). The van der Waals surface area contributed by atoms with Crippen LogP contribution in [0.3, 0.4) is 0 Å². The van der Waals surface area contributed by atoms with Crippen molar-refractivity contribution in [1.82, 2.24) is 9.78 Å². The van der Waals surface area contributed by atoms with Gasteiger partial charge in [0.2, 0.25) is 5.91 Å². The van der Waals surface area contributed by atoms with E-state index in [1.807, 2.05) is 43.3 Å². The van der Waals surface area contributed by atoms with Crippen LogP contribution in [0.15, 0.2) is 65.6 Å². The number of carbonyl (C=O) groups excluding carboxylic acids is 1. The van der Waals surface area contributed by atoms with Crippen molar-refractivity contribution < 1.29 is 4.79 Å². The molecule has 2 aromatic carbocycles. The van der Waals surface area contributed by atoms with Crippen molar-refractivity contribution in [2.75, 3.05) is 11.1 Å². The number of carbonyl (C=O) groups is 1. The molecule has 4 nitrogen and oxygen atoms in total. The van der Waals surface area contributed by atoms with E-state index < -0.39 is 0 Å². The van der Waals surface area contributed by atoms with E-state index in [0.29, 0.717) is 12.2 Å². The second-order valence-corrected chi connectivity index (χ2v) is 7.40. The smallest absolute Gasteiger partial charge is 0.225 e. The molecule has 0 saturated carbocycles. The molecule has 0 aliphatic carbocycles. The van der Waals surface area contributed by atoms with Crippen molar-refractivity contribution in [2.24, 2.45) is 0 Å². The molecule has 0 aliphatic rings. The Bertz CT molecular complexity index is 857. The first-order valence-electron chi connectivity index (χ1n) is 8.73. The fourth-order valence-corrected chi connectivity index (χ4v) is 3.47. The van der Waals surface area contributed by atoms with Crippen LogP contribution < -0.4 is 5.32 Å². The number of amides is 1. The summed E-state index contributed by atoms with van der Waals surface area (Å²) in [4.78, 5) is 13.5. The molecule has 5 heteroatoms. The first-order chi connectivity index (χ1) is 12.6. The zero-order chi connectivity index (χ0) is 18.4. The maximum atomic E-state index is 12.3. The van der Waals surface area contributed by atoms with Gasteiger partial charge in [-0.15, -0.1) is 11.8 Å². The number of nitrogens with zero attached hydrogens (tertiary/aromatic N) is 2. The molecule has 0 saturated heterocycles. The highest BCUT2D eigenvalue weighted by Crippen LogP contribution is 2.20. The molecule has 0 bridgehead atoms. The molecule has 0 atom stereocenters. The molecule has 26 heavy (non-hydrogen) atoms. The van der Waals surface area contributed by atoms with Crippen LogP contribution in [0.1, 0.15) is 24.1 Å². The first kappa shape index (κ1) is 18.3. The lowest BCUT2D eigenvalue weighted by atomic mass is 10.2. The Morgan fingerprint density at radius 3 is 2.54 bits per heavy atom. The van der Waals surface area contributed by atoms with Gasteiger partial charge in [0.05, 0.1) is 11.4 Å². The fraction of sp³-hybridized carbons (Fsp3) is 0.238. The quantitative estimate of drug-likeness (QED) is 0.473. The highest BCUT2D eigenvalue weighted by Gasteiger charge is 2.10. The molecule has 1 heterocycles. The third kappa shape index (κ3) is 4.99. The van der Waals surface area contributed by atoms with Gasteiger partial charge in [0.1, 0.15) is 5.82 Å². The minimum absolute atomic E-state index is 0.0200. The number of thioether (sulfide) groups is 1. The third-order valence-electron chi connectivity index (χ3n) is 3.94. The number of hydrogen-bond donors (Lipinski definition) is 1. The van der Waals surface area contributed by atoms with E-state index in [-0.39, 0.29) is 5.91 Å². The minimum atomic E-state index is 0.0200. The zero-order valence-corrected chi connectivity index (χ0v) is 15.9. The van der Waals surface area contributed by atoms with E-state index >= 15 is 0 Å². The lowest BCUT2D eigenvalue weighted by molar-refractivity contribution is -0.116. The van der Waals surface area contributed by atoms with E-state index in [4.69, 9.17) is 0 Å². The van der Waals surface area contributed by atoms with Crippen molar-refractivity contribution in [3.63, 3.8) is 0 Å². The molecule has 3 aromatic rings. The van der Waals surface area contributed by atoms with E-state index in [0.717, 1.165) is 23.6 Å². The van der Waals surface area contributed by atoms with Crippen LogP contribution in [-0.2, 0) is 4.79 Å². The highest BCUT2D eigenvalue weighted by molar-refractivity contribution is 7.99. The molecular weight excluding hydrogens is 342 g/mol. The number of benzene rings is 2. The number of hydrogen-bond acceptors (Lipinski definition) is 3. The van der Waals surface area contributed by atoms with Crippen molar-refractivity contribution >= 4 is 23.5 Å². The van der Waals surface area contributed by atoms with Crippen molar-refractivity contribution in [1.29, 1.82) is 0 Å². The van der Waals surface area contributed by atoms with Crippen LogP contribution in [0.4, 0.5) is 5.82 Å². The topological polar surface area (TPSA) is 46.9 Å².